The van der Waals surface area contributed by atoms with Gasteiger partial charge in [0.2, 0.25) is 0 Å². The predicted molar refractivity (Wildman–Crippen MR) is 141 cm³/mol. The molecule has 3 aromatic rings. The van der Waals surface area contributed by atoms with Crippen LogP contribution in [0.2, 0.25) is 0 Å². The molecular weight excluding hydrogens is 484 g/mol. The van der Waals surface area contributed by atoms with Crippen LogP contribution in [0.25, 0.3) is 0 Å². The van der Waals surface area contributed by atoms with Crippen molar-refractivity contribution >= 4 is 11.9 Å². The lowest BCUT2D eigenvalue weighted by molar-refractivity contribution is -0.0690. The second-order valence-corrected chi connectivity index (χ2v) is 9.08. The molecule has 0 spiro atoms. The monoisotopic (exact) mass is 516 g/mol. The molecule has 7 heteroatoms. The minimum atomic E-state index is -0.904. The Bertz CT molecular complexity index is 1170. The van der Waals surface area contributed by atoms with Gasteiger partial charge in [0.05, 0.1) is 29.9 Å². The minimum absolute atomic E-state index is 0.158. The lowest BCUT2D eigenvalue weighted by atomic mass is 10.0. The van der Waals surface area contributed by atoms with Crippen LogP contribution in [0.4, 0.5) is 0 Å². The topological polar surface area (TPSA) is 91.3 Å². The van der Waals surface area contributed by atoms with Gasteiger partial charge in [0, 0.05) is 6.42 Å². The first kappa shape index (κ1) is 27.3. The SMILES string of the molecule is C=CCC1O[C@H](CC(COC(=O)c2ccccc2)OC(=O)c2ccccc2)[C@H](OCc2ccccc2)[C@H]1O. The van der Waals surface area contributed by atoms with Crippen molar-refractivity contribution in [3.05, 3.63) is 120 Å². The summed E-state index contributed by atoms with van der Waals surface area (Å²) in [4.78, 5) is 25.5. The number of hydrogen-bond donors (Lipinski definition) is 1. The van der Waals surface area contributed by atoms with Crippen molar-refractivity contribution in [2.24, 2.45) is 0 Å². The summed E-state index contributed by atoms with van der Waals surface area (Å²) in [6.07, 6.45) is -1.28. The van der Waals surface area contributed by atoms with E-state index in [0.717, 1.165) is 5.56 Å². The normalized spacial score (nSPS) is 21.4. The van der Waals surface area contributed by atoms with Gasteiger partial charge in [-0.2, -0.15) is 0 Å². The molecule has 5 atom stereocenters. The van der Waals surface area contributed by atoms with Gasteiger partial charge < -0.3 is 24.1 Å². The van der Waals surface area contributed by atoms with Crippen molar-refractivity contribution in [1.29, 1.82) is 0 Å². The van der Waals surface area contributed by atoms with E-state index in [-0.39, 0.29) is 19.6 Å². The molecule has 0 saturated carbocycles. The maximum atomic E-state index is 12.9. The predicted octanol–water partition coefficient (Wildman–Crippen LogP) is 4.75. The highest BCUT2D eigenvalue weighted by molar-refractivity contribution is 5.90. The van der Waals surface area contributed by atoms with E-state index in [9.17, 15) is 14.7 Å². The van der Waals surface area contributed by atoms with Crippen molar-refractivity contribution in [1.82, 2.24) is 0 Å². The zero-order chi connectivity index (χ0) is 26.7. The average molecular weight is 517 g/mol. The summed E-state index contributed by atoms with van der Waals surface area (Å²) >= 11 is 0. The summed E-state index contributed by atoms with van der Waals surface area (Å²) in [5.41, 5.74) is 1.72. The van der Waals surface area contributed by atoms with Crippen molar-refractivity contribution in [2.45, 2.75) is 50.0 Å². The van der Waals surface area contributed by atoms with Crippen LogP contribution in [-0.4, -0.2) is 54.2 Å². The average Bonchev–Trinajstić information content (AvgIpc) is 3.25. The Morgan fingerprint density at radius 3 is 2.05 bits per heavy atom. The van der Waals surface area contributed by atoms with Crippen LogP contribution in [0.5, 0.6) is 0 Å². The Morgan fingerprint density at radius 2 is 1.45 bits per heavy atom. The molecule has 3 aromatic carbocycles. The molecule has 0 aliphatic carbocycles. The zero-order valence-electron chi connectivity index (χ0n) is 21.1. The molecule has 1 saturated heterocycles. The number of carbonyl (C=O) groups excluding carboxylic acids is 2. The Balaban J connectivity index is 1.49. The molecule has 0 radical (unpaired) electrons. The van der Waals surface area contributed by atoms with Crippen LogP contribution < -0.4 is 0 Å². The van der Waals surface area contributed by atoms with Gasteiger partial charge >= 0.3 is 11.9 Å². The third-order valence-electron chi connectivity index (χ3n) is 6.31. The third-order valence-corrected chi connectivity index (χ3v) is 6.31. The van der Waals surface area contributed by atoms with Gasteiger partial charge in [-0.3, -0.25) is 0 Å². The molecule has 1 aliphatic heterocycles. The van der Waals surface area contributed by atoms with Gasteiger partial charge in [0.1, 0.15) is 24.9 Å². The Morgan fingerprint density at radius 1 is 0.868 bits per heavy atom. The maximum Gasteiger partial charge on any atom is 0.338 e. The van der Waals surface area contributed by atoms with Crippen LogP contribution in [0.15, 0.2) is 104 Å². The molecule has 7 nitrogen and oxygen atoms in total. The molecule has 1 heterocycles. The van der Waals surface area contributed by atoms with E-state index in [2.05, 4.69) is 6.58 Å². The largest absolute Gasteiger partial charge is 0.458 e. The van der Waals surface area contributed by atoms with Gasteiger partial charge in [-0.25, -0.2) is 9.59 Å². The summed E-state index contributed by atoms with van der Waals surface area (Å²) in [6, 6.07) is 26.8. The molecule has 1 aliphatic rings. The maximum absolute atomic E-state index is 12.9. The van der Waals surface area contributed by atoms with E-state index in [1.54, 1.807) is 66.7 Å². The molecule has 0 amide bonds. The molecule has 1 N–H and O–H groups in total. The lowest BCUT2D eigenvalue weighted by Crippen LogP contribution is -2.38. The Hall–Kier alpha value is -3.78. The van der Waals surface area contributed by atoms with Gasteiger partial charge in [-0.1, -0.05) is 72.8 Å². The fraction of sp³-hybridized carbons (Fsp3) is 0.290. The fourth-order valence-corrected chi connectivity index (χ4v) is 4.36. The second-order valence-electron chi connectivity index (χ2n) is 9.08. The van der Waals surface area contributed by atoms with E-state index in [1.165, 1.54) is 0 Å². The fourth-order valence-electron chi connectivity index (χ4n) is 4.36. The molecule has 0 aromatic heterocycles. The van der Waals surface area contributed by atoms with Crippen LogP contribution in [-0.2, 0) is 25.6 Å². The van der Waals surface area contributed by atoms with Crippen LogP contribution >= 0.6 is 0 Å². The minimum Gasteiger partial charge on any atom is -0.458 e. The quantitative estimate of drug-likeness (QED) is 0.274. The van der Waals surface area contributed by atoms with Crippen molar-refractivity contribution in [2.75, 3.05) is 6.61 Å². The molecule has 198 valence electrons. The van der Waals surface area contributed by atoms with E-state index in [0.29, 0.717) is 17.5 Å². The van der Waals surface area contributed by atoms with Crippen LogP contribution in [0.1, 0.15) is 39.1 Å². The summed E-state index contributed by atoms with van der Waals surface area (Å²) < 4.78 is 23.5. The van der Waals surface area contributed by atoms with Crippen LogP contribution in [0.3, 0.4) is 0 Å². The summed E-state index contributed by atoms with van der Waals surface area (Å²) in [6.45, 7) is 3.85. The smallest absolute Gasteiger partial charge is 0.338 e. The summed E-state index contributed by atoms with van der Waals surface area (Å²) in [5, 5.41) is 11.0. The molecule has 4 rings (SSSR count). The first-order chi connectivity index (χ1) is 18.5. The number of aliphatic hydroxyl groups is 1. The molecule has 0 bridgehead atoms. The number of aliphatic hydroxyl groups excluding tert-OH is 1. The van der Waals surface area contributed by atoms with Gasteiger partial charge in [0.25, 0.3) is 0 Å². The highest BCUT2D eigenvalue weighted by atomic mass is 16.6. The molecular formula is C31H32O7. The molecule has 1 fully saturated rings. The number of esters is 2. The molecule has 38 heavy (non-hydrogen) atoms. The van der Waals surface area contributed by atoms with Crippen LogP contribution in [0, 0.1) is 0 Å². The number of ether oxygens (including phenoxy) is 4. The lowest BCUT2D eigenvalue weighted by Gasteiger charge is -2.25. The highest BCUT2D eigenvalue weighted by Gasteiger charge is 2.45. The van der Waals surface area contributed by atoms with Crippen molar-refractivity contribution in [3.63, 3.8) is 0 Å². The number of benzene rings is 3. The van der Waals surface area contributed by atoms with Gasteiger partial charge in [-0.05, 0) is 36.2 Å². The first-order valence-electron chi connectivity index (χ1n) is 12.6. The van der Waals surface area contributed by atoms with E-state index in [1.807, 2.05) is 30.3 Å². The van der Waals surface area contributed by atoms with Gasteiger partial charge in [-0.15, -0.1) is 6.58 Å². The first-order valence-corrected chi connectivity index (χ1v) is 12.6. The second kappa shape index (κ2) is 13.7. The van der Waals surface area contributed by atoms with E-state index >= 15 is 0 Å². The van der Waals surface area contributed by atoms with Crippen molar-refractivity contribution < 1.29 is 33.6 Å². The van der Waals surface area contributed by atoms with Crippen molar-refractivity contribution in [3.8, 4) is 0 Å². The van der Waals surface area contributed by atoms with E-state index in [4.69, 9.17) is 18.9 Å². The zero-order valence-corrected chi connectivity index (χ0v) is 21.1. The summed E-state index contributed by atoms with van der Waals surface area (Å²) in [5.74, 6) is -1.07. The number of rotatable bonds is 12. The standard InChI is InChI=1S/C31H32O7/c1-2-12-26-28(32)29(35-20-22-13-6-3-7-14-22)27(38-26)19-25(37-31(34)24-17-10-5-11-18-24)21-36-30(33)23-15-8-4-9-16-23/h2-11,13-18,25-29,32H,1,12,19-21H2/t25?,26?,27-,28+,29+/m1/s1. The van der Waals surface area contributed by atoms with E-state index < -0.39 is 42.5 Å². The third kappa shape index (κ3) is 7.38. The number of hydrogen-bond acceptors (Lipinski definition) is 7. The summed E-state index contributed by atoms with van der Waals surface area (Å²) in [7, 11) is 0. The molecule has 2 unspecified atom stereocenters. The Kier molecular flexibility index (Phi) is 9.81. The highest BCUT2D eigenvalue weighted by Crippen LogP contribution is 2.31. The van der Waals surface area contributed by atoms with Gasteiger partial charge in [0.15, 0.2) is 0 Å². The number of carbonyl (C=O) groups is 2. The Labute approximate surface area is 222 Å².